The Balaban J connectivity index is 2.43. The summed E-state index contributed by atoms with van der Waals surface area (Å²) in [6.07, 6.45) is 1.01. The second kappa shape index (κ2) is 3.57. The molecule has 0 fully saturated rings. The highest BCUT2D eigenvalue weighted by molar-refractivity contribution is 14.1. The molecular weight excluding hydrogens is 281 g/mol. The highest BCUT2D eigenvalue weighted by atomic mass is 127. The lowest BCUT2D eigenvalue weighted by molar-refractivity contribution is 0.322. The quantitative estimate of drug-likeness (QED) is 0.583. The fourth-order valence-corrected chi connectivity index (χ4v) is 1.91. The van der Waals surface area contributed by atoms with Crippen molar-refractivity contribution in [1.82, 2.24) is 4.98 Å². The van der Waals surface area contributed by atoms with Crippen LogP contribution in [-0.4, -0.2) is 18.1 Å². The van der Waals surface area contributed by atoms with Gasteiger partial charge in [0.2, 0.25) is 0 Å². The number of nitrogens with zero attached hydrogens (tertiary/aromatic N) is 2. The summed E-state index contributed by atoms with van der Waals surface area (Å²) in [4.78, 5) is 4.23. The summed E-state index contributed by atoms with van der Waals surface area (Å²) in [6.45, 7) is 1.70. The second-order valence-electron chi connectivity index (χ2n) is 2.85. The molecule has 2 N–H and O–H groups in total. The molecule has 5 heteroatoms. The number of fused-ring (bicyclic) bond motifs is 1. The largest absolute Gasteiger partial charge is 0.490 e. The van der Waals surface area contributed by atoms with Gasteiger partial charge in [0.1, 0.15) is 5.82 Å². The minimum Gasteiger partial charge on any atom is -0.490 e. The van der Waals surface area contributed by atoms with E-state index in [0.717, 1.165) is 31.1 Å². The summed E-state index contributed by atoms with van der Waals surface area (Å²) in [7, 11) is 0. The standard InChI is InChI=1S/C8H10IN3O/c9-12-4-1-5-13-6-2-3-7(10)11-8(6)12/h2-3H,1,4-5H2,(H2,10,11). The Morgan fingerprint density at radius 2 is 2.38 bits per heavy atom. The van der Waals surface area contributed by atoms with Gasteiger partial charge < -0.3 is 10.5 Å². The number of hydrogen-bond donors (Lipinski definition) is 1. The Kier molecular flexibility index (Phi) is 2.43. The smallest absolute Gasteiger partial charge is 0.182 e. The average Bonchev–Trinajstić information content (AvgIpc) is 2.29. The summed E-state index contributed by atoms with van der Waals surface area (Å²) in [5.74, 6) is 2.19. The number of halogens is 1. The average molecular weight is 291 g/mol. The number of nitrogens with two attached hydrogens (primary N) is 1. The van der Waals surface area contributed by atoms with Crippen LogP contribution in [0.4, 0.5) is 11.6 Å². The van der Waals surface area contributed by atoms with Gasteiger partial charge in [-0.3, -0.25) is 3.11 Å². The molecule has 2 heterocycles. The van der Waals surface area contributed by atoms with Crippen molar-refractivity contribution in [1.29, 1.82) is 0 Å². The molecular formula is C8H10IN3O. The number of pyridine rings is 1. The van der Waals surface area contributed by atoms with Gasteiger partial charge in [0, 0.05) is 6.54 Å². The predicted octanol–water partition coefficient (Wildman–Crippen LogP) is 1.60. The maximum Gasteiger partial charge on any atom is 0.182 e. The van der Waals surface area contributed by atoms with E-state index in [1.807, 2.05) is 9.18 Å². The van der Waals surface area contributed by atoms with Crippen molar-refractivity contribution in [2.24, 2.45) is 0 Å². The third-order valence-corrected chi connectivity index (χ3v) is 2.79. The molecule has 0 aromatic carbocycles. The minimum atomic E-state index is 0.533. The molecule has 1 aromatic heterocycles. The zero-order valence-corrected chi connectivity index (χ0v) is 9.19. The summed E-state index contributed by atoms with van der Waals surface area (Å²) >= 11 is 2.22. The van der Waals surface area contributed by atoms with E-state index >= 15 is 0 Å². The first-order valence-corrected chi connectivity index (χ1v) is 5.06. The predicted molar refractivity (Wildman–Crippen MR) is 60.1 cm³/mol. The lowest BCUT2D eigenvalue weighted by Crippen LogP contribution is -2.11. The molecule has 0 amide bonds. The van der Waals surface area contributed by atoms with Crippen molar-refractivity contribution >= 4 is 34.5 Å². The van der Waals surface area contributed by atoms with E-state index in [9.17, 15) is 0 Å². The second-order valence-corrected chi connectivity index (χ2v) is 4.01. The molecule has 1 aliphatic rings. The lowest BCUT2D eigenvalue weighted by atomic mass is 10.4. The van der Waals surface area contributed by atoms with Crippen LogP contribution in [0.15, 0.2) is 12.1 Å². The van der Waals surface area contributed by atoms with Crippen LogP contribution in [0.2, 0.25) is 0 Å². The zero-order chi connectivity index (χ0) is 9.26. The molecule has 0 unspecified atom stereocenters. The van der Waals surface area contributed by atoms with Gasteiger partial charge in [-0.15, -0.1) is 0 Å². The Morgan fingerprint density at radius 3 is 3.23 bits per heavy atom. The van der Waals surface area contributed by atoms with Gasteiger partial charge in [-0.25, -0.2) is 4.98 Å². The summed E-state index contributed by atoms with van der Waals surface area (Å²) < 4.78 is 7.55. The maximum absolute atomic E-state index is 5.60. The molecule has 0 bridgehead atoms. The molecule has 13 heavy (non-hydrogen) atoms. The fourth-order valence-electron chi connectivity index (χ4n) is 1.23. The zero-order valence-electron chi connectivity index (χ0n) is 7.03. The lowest BCUT2D eigenvalue weighted by Gasteiger charge is -2.13. The molecule has 70 valence electrons. The summed E-state index contributed by atoms with van der Waals surface area (Å²) in [5, 5.41) is 0. The van der Waals surface area contributed by atoms with E-state index in [1.165, 1.54) is 0 Å². The number of nitrogen functional groups attached to an aromatic ring is 1. The highest BCUT2D eigenvalue weighted by Crippen LogP contribution is 2.31. The number of anilines is 2. The van der Waals surface area contributed by atoms with E-state index in [4.69, 9.17) is 10.5 Å². The van der Waals surface area contributed by atoms with Gasteiger partial charge in [0.25, 0.3) is 0 Å². The topological polar surface area (TPSA) is 51.4 Å². The molecule has 0 saturated carbocycles. The van der Waals surface area contributed by atoms with Crippen LogP contribution in [-0.2, 0) is 0 Å². The number of aromatic nitrogens is 1. The highest BCUT2D eigenvalue weighted by Gasteiger charge is 2.15. The fraction of sp³-hybridized carbons (Fsp3) is 0.375. The first-order valence-electron chi connectivity index (χ1n) is 4.10. The van der Waals surface area contributed by atoms with Gasteiger partial charge in [0.15, 0.2) is 11.6 Å². The van der Waals surface area contributed by atoms with Crippen molar-refractivity contribution in [2.45, 2.75) is 6.42 Å². The van der Waals surface area contributed by atoms with Crippen LogP contribution in [0.5, 0.6) is 5.75 Å². The normalized spacial score (nSPS) is 15.9. The molecule has 0 spiro atoms. The Labute approximate surface area is 90.6 Å². The van der Waals surface area contributed by atoms with E-state index in [0.29, 0.717) is 5.82 Å². The van der Waals surface area contributed by atoms with E-state index in [-0.39, 0.29) is 0 Å². The van der Waals surface area contributed by atoms with Crippen LogP contribution in [0.3, 0.4) is 0 Å². The van der Waals surface area contributed by atoms with Gasteiger partial charge in [-0.2, -0.15) is 0 Å². The SMILES string of the molecule is Nc1ccc2c(n1)N(I)CCCO2. The molecule has 0 atom stereocenters. The molecule has 4 nitrogen and oxygen atoms in total. The van der Waals surface area contributed by atoms with E-state index < -0.39 is 0 Å². The number of ether oxygens (including phenoxy) is 1. The first kappa shape index (κ1) is 8.86. The van der Waals surface area contributed by atoms with Gasteiger partial charge in [0.05, 0.1) is 29.5 Å². The van der Waals surface area contributed by atoms with Crippen molar-refractivity contribution in [3.63, 3.8) is 0 Å². The Morgan fingerprint density at radius 1 is 1.54 bits per heavy atom. The summed E-state index contributed by atoms with van der Waals surface area (Å²) in [6, 6.07) is 3.63. The Bertz CT molecular complexity index is 318. The van der Waals surface area contributed by atoms with Gasteiger partial charge in [-0.1, -0.05) is 0 Å². The molecule has 1 aliphatic heterocycles. The maximum atomic E-state index is 5.60. The third-order valence-electron chi connectivity index (χ3n) is 1.85. The van der Waals surface area contributed by atoms with Crippen molar-refractivity contribution in [3.05, 3.63) is 12.1 Å². The minimum absolute atomic E-state index is 0.533. The number of rotatable bonds is 0. The van der Waals surface area contributed by atoms with Crippen LogP contribution in [0.1, 0.15) is 6.42 Å². The Hall–Kier alpha value is -0.720. The molecule has 0 saturated heterocycles. The van der Waals surface area contributed by atoms with Crippen LogP contribution >= 0.6 is 22.9 Å². The summed E-state index contributed by atoms with van der Waals surface area (Å²) in [5.41, 5.74) is 5.60. The first-order chi connectivity index (χ1) is 6.27. The number of hydrogen-bond acceptors (Lipinski definition) is 4. The van der Waals surface area contributed by atoms with Crippen molar-refractivity contribution < 1.29 is 4.74 Å². The van der Waals surface area contributed by atoms with Crippen molar-refractivity contribution in [3.8, 4) is 5.75 Å². The molecule has 2 rings (SSSR count). The van der Waals surface area contributed by atoms with Crippen LogP contribution in [0.25, 0.3) is 0 Å². The molecule has 0 aliphatic carbocycles. The monoisotopic (exact) mass is 291 g/mol. The van der Waals surface area contributed by atoms with Gasteiger partial charge in [-0.05, 0) is 18.6 Å². The molecule has 0 radical (unpaired) electrons. The third kappa shape index (κ3) is 1.79. The van der Waals surface area contributed by atoms with Crippen LogP contribution < -0.4 is 13.6 Å². The van der Waals surface area contributed by atoms with E-state index in [1.54, 1.807) is 6.07 Å². The van der Waals surface area contributed by atoms with E-state index in [2.05, 4.69) is 27.8 Å². The molecule has 1 aromatic rings. The van der Waals surface area contributed by atoms with Crippen LogP contribution in [0, 0.1) is 0 Å². The van der Waals surface area contributed by atoms with Gasteiger partial charge >= 0.3 is 0 Å². The van der Waals surface area contributed by atoms with Crippen molar-refractivity contribution in [2.75, 3.05) is 22.0 Å².